The number of hydrogen-bond acceptors (Lipinski definition) is 2. The van der Waals surface area contributed by atoms with Crippen molar-refractivity contribution in [3.05, 3.63) is 0 Å². The van der Waals surface area contributed by atoms with Crippen molar-refractivity contribution in [3.63, 3.8) is 0 Å². The van der Waals surface area contributed by atoms with E-state index < -0.39 is 6.29 Å². The summed E-state index contributed by atoms with van der Waals surface area (Å²) in [5, 5.41) is 8.90. The van der Waals surface area contributed by atoms with E-state index in [0.717, 1.165) is 0 Å². The van der Waals surface area contributed by atoms with Crippen molar-refractivity contribution < 1.29 is 9.84 Å². The minimum atomic E-state index is -0.583. The summed E-state index contributed by atoms with van der Waals surface area (Å²) in [4.78, 5) is 0. The molecule has 2 heteroatoms. The highest BCUT2D eigenvalue weighted by atomic mass is 16.6. The predicted octanol–water partition coefficient (Wildman–Crippen LogP) is 0.997. The molecule has 0 saturated carbocycles. The fourth-order valence-corrected chi connectivity index (χ4v) is 0.363. The normalized spacial score (nSPS) is 14.6. The molecule has 1 atom stereocenters. The smallest absolute Gasteiger partial charge is 0.156 e. The van der Waals surface area contributed by atoms with E-state index >= 15 is 0 Å². The largest absolute Gasteiger partial charge is 0.368 e. The summed E-state index contributed by atoms with van der Waals surface area (Å²) < 4.78 is 4.86. The topological polar surface area (TPSA) is 29.5 Å². The Labute approximate surface area is 50.5 Å². The highest BCUT2D eigenvalue weighted by Gasteiger charge is 2.05. The van der Waals surface area contributed by atoms with Crippen LogP contribution in [0.4, 0.5) is 0 Å². The van der Waals surface area contributed by atoms with Crippen molar-refractivity contribution >= 4 is 0 Å². The van der Waals surface area contributed by atoms with Gasteiger partial charge in [-0.25, -0.2) is 0 Å². The van der Waals surface area contributed by atoms with Crippen LogP contribution in [0.2, 0.25) is 0 Å². The SMILES string of the molecule is CCOC(O)C(C)C. The summed E-state index contributed by atoms with van der Waals surface area (Å²) in [5.74, 6) is 0.204. The molecule has 0 aliphatic carbocycles. The first kappa shape index (κ1) is 7.92. The molecule has 0 aliphatic heterocycles. The number of rotatable bonds is 3. The van der Waals surface area contributed by atoms with E-state index in [1.807, 2.05) is 20.8 Å². The Morgan fingerprint density at radius 3 is 2.12 bits per heavy atom. The summed E-state index contributed by atoms with van der Waals surface area (Å²) in [7, 11) is 0. The van der Waals surface area contributed by atoms with Gasteiger partial charge in [-0.1, -0.05) is 13.8 Å². The molecule has 50 valence electrons. The number of aliphatic hydroxyl groups excluding tert-OH is 1. The average Bonchev–Trinajstić information content (AvgIpc) is 1.67. The molecule has 0 rings (SSSR count). The van der Waals surface area contributed by atoms with Gasteiger partial charge in [-0.15, -0.1) is 0 Å². The fraction of sp³-hybridized carbons (Fsp3) is 1.00. The molecule has 0 amide bonds. The minimum Gasteiger partial charge on any atom is -0.368 e. The van der Waals surface area contributed by atoms with Crippen LogP contribution in [0.15, 0.2) is 0 Å². The summed E-state index contributed by atoms with van der Waals surface area (Å²) in [6.07, 6.45) is -0.583. The lowest BCUT2D eigenvalue weighted by Gasteiger charge is -2.12. The van der Waals surface area contributed by atoms with Crippen molar-refractivity contribution in [2.75, 3.05) is 6.61 Å². The molecular weight excluding hydrogens is 104 g/mol. The third-order valence-corrected chi connectivity index (χ3v) is 0.908. The Morgan fingerprint density at radius 2 is 2.00 bits per heavy atom. The van der Waals surface area contributed by atoms with Crippen LogP contribution in [0, 0.1) is 5.92 Å². The van der Waals surface area contributed by atoms with Crippen LogP contribution in [0.25, 0.3) is 0 Å². The maximum absolute atomic E-state index is 8.90. The summed E-state index contributed by atoms with van der Waals surface area (Å²) in [5.41, 5.74) is 0. The molecule has 8 heavy (non-hydrogen) atoms. The highest BCUT2D eigenvalue weighted by Crippen LogP contribution is 2.00. The van der Waals surface area contributed by atoms with Gasteiger partial charge in [-0.3, -0.25) is 0 Å². The van der Waals surface area contributed by atoms with E-state index in [2.05, 4.69) is 0 Å². The zero-order chi connectivity index (χ0) is 6.57. The fourth-order valence-electron chi connectivity index (χ4n) is 0.363. The third kappa shape index (κ3) is 2.99. The first-order chi connectivity index (χ1) is 3.68. The lowest BCUT2D eigenvalue weighted by Crippen LogP contribution is -2.18. The van der Waals surface area contributed by atoms with Gasteiger partial charge in [0.15, 0.2) is 6.29 Å². The van der Waals surface area contributed by atoms with Crippen molar-refractivity contribution in [3.8, 4) is 0 Å². The Morgan fingerprint density at radius 1 is 1.50 bits per heavy atom. The second-order valence-electron chi connectivity index (χ2n) is 2.09. The summed E-state index contributed by atoms with van der Waals surface area (Å²) >= 11 is 0. The van der Waals surface area contributed by atoms with Crippen LogP contribution in [0.1, 0.15) is 20.8 Å². The van der Waals surface area contributed by atoms with Crippen molar-refractivity contribution in [1.82, 2.24) is 0 Å². The molecule has 1 unspecified atom stereocenters. The summed E-state index contributed by atoms with van der Waals surface area (Å²) in [6, 6.07) is 0. The maximum Gasteiger partial charge on any atom is 0.156 e. The Kier molecular flexibility index (Phi) is 3.83. The zero-order valence-electron chi connectivity index (χ0n) is 5.72. The number of ether oxygens (including phenoxy) is 1. The van der Waals surface area contributed by atoms with Gasteiger partial charge in [0.05, 0.1) is 0 Å². The molecule has 0 fully saturated rings. The van der Waals surface area contributed by atoms with Gasteiger partial charge < -0.3 is 9.84 Å². The molecular formula is C6H14O2. The van der Waals surface area contributed by atoms with Gasteiger partial charge in [0, 0.05) is 12.5 Å². The van der Waals surface area contributed by atoms with E-state index in [4.69, 9.17) is 9.84 Å². The second kappa shape index (κ2) is 3.87. The monoisotopic (exact) mass is 118 g/mol. The van der Waals surface area contributed by atoms with Crippen LogP contribution in [0.3, 0.4) is 0 Å². The molecule has 0 radical (unpaired) electrons. The molecule has 1 N–H and O–H groups in total. The van der Waals surface area contributed by atoms with Crippen LogP contribution >= 0.6 is 0 Å². The summed E-state index contributed by atoms with van der Waals surface area (Å²) in [6.45, 7) is 6.28. The van der Waals surface area contributed by atoms with Gasteiger partial charge in [-0.2, -0.15) is 0 Å². The Bertz CT molecular complexity index is 52.5. The van der Waals surface area contributed by atoms with Crippen molar-refractivity contribution in [2.45, 2.75) is 27.1 Å². The van der Waals surface area contributed by atoms with Crippen LogP contribution in [0.5, 0.6) is 0 Å². The van der Waals surface area contributed by atoms with E-state index in [-0.39, 0.29) is 5.92 Å². The van der Waals surface area contributed by atoms with Crippen LogP contribution in [-0.2, 0) is 4.74 Å². The molecule has 0 aromatic heterocycles. The molecule has 0 aromatic carbocycles. The van der Waals surface area contributed by atoms with Gasteiger partial charge in [-0.05, 0) is 6.92 Å². The second-order valence-corrected chi connectivity index (χ2v) is 2.09. The van der Waals surface area contributed by atoms with Crippen molar-refractivity contribution in [1.29, 1.82) is 0 Å². The molecule has 0 spiro atoms. The molecule has 0 bridgehead atoms. The third-order valence-electron chi connectivity index (χ3n) is 0.908. The predicted molar refractivity (Wildman–Crippen MR) is 32.5 cm³/mol. The average molecular weight is 118 g/mol. The van der Waals surface area contributed by atoms with E-state index in [9.17, 15) is 0 Å². The number of aliphatic hydroxyl groups is 1. The molecule has 0 saturated heterocycles. The Hall–Kier alpha value is -0.0800. The lowest BCUT2D eigenvalue weighted by atomic mass is 10.2. The van der Waals surface area contributed by atoms with E-state index in [0.29, 0.717) is 6.61 Å². The standard InChI is InChI=1S/C6H14O2/c1-4-8-6(7)5(2)3/h5-7H,4H2,1-3H3. The molecule has 0 heterocycles. The van der Waals surface area contributed by atoms with Gasteiger partial charge in [0.2, 0.25) is 0 Å². The van der Waals surface area contributed by atoms with Crippen LogP contribution in [-0.4, -0.2) is 18.0 Å². The molecule has 0 aromatic rings. The van der Waals surface area contributed by atoms with E-state index in [1.54, 1.807) is 0 Å². The lowest BCUT2D eigenvalue weighted by molar-refractivity contribution is -0.122. The van der Waals surface area contributed by atoms with Gasteiger partial charge >= 0.3 is 0 Å². The zero-order valence-corrected chi connectivity index (χ0v) is 5.72. The maximum atomic E-state index is 8.90. The highest BCUT2D eigenvalue weighted by molar-refractivity contribution is 4.44. The first-order valence-corrected chi connectivity index (χ1v) is 2.98. The van der Waals surface area contributed by atoms with E-state index in [1.165, 1.54) is 0 Å². The van der Waals surface area contributed by atoms with Crippen molar-refractivity contribution in [2.24, 2.45) is 5.92 Å². The molecule has 2 nitrogen and oxygen atoms in total. The quantitative estimate of drug-likeness (QED) is 0.560. The van der Waals surface area contributed by atoms with Crippen LogP contribution < -0.4 is 0 Å². The minimum absolute atomic E-state index is 0.204. The number of hydrogen-bond donors (Lipinski definition) is 1. The first-order valence-electron chi connectivity index (χ1n) is 2.98. The molecule has 0 aliphatic rings. The van der Waals surface area contributed by atoms with Gasteiger partial charge in [0.25, 0.3) is 0 Å². The van der Waals surface area contributed by atoms with Gasteiger partial charge in [0.1, 0.15) is 0 Å². The Balaban J connectivity index is 3.17.